The van der Waals surface area contributed by atoms with Crippen LogP contribution >= 0.6 is 23.4 Å². The Morgan fingerprint density at radius 2 is 2.30 bits per heavy atom. The lowest BCUT2D eigenvalue weighted by Crippen LogP contribution is -2.31. The Morgan fingerprint density at radius 3 is 3.05 bits per heavy atom. The van der Waals surface area contributed by atoms with Crippen molar-refractivity contribution in [3.63, 3.8) is 0 Å². The molecule has 2 heterocycles. The molecular weight excluding hydrogens is 301 g/mol. The SMILES string of the molecule is CNC1CSCC1c1nc(-c2ccc(F)c(Cl)c2)no1. The van der Waals surface area contributed by atoms with E-state index in [4.69, 9.17) is 16.1 Å². The van der Waals surface area contributed by atoms with Gasteiger partial charge >= 0.3 is 0 Å². The highest BCUT2D eigenvalue weighted by Gasteiger charge is 2.32. The third kappa shape index (κ3) is 2.55. The second-order valence-corrected chi connectivity index (χ2v) is 6.11. The standard InChI is InChI=1S/C13H13ClFN3OS/c1-16-11-6-20-5-8(11)13-17-12(18-19-13)7-2-3-10(15)9(14)4-7/h2-4,8,11,16H,5-6H2,1H3. The van der Waals surface area contributed by atoms with Crippen molar-refractivity contribution in [2.45, 2.75) is 12.0 Å². The fourth-order valence-corrected chi connectivity index (χ4v) is 3.82. The summed E-state index contributed by atoms with van der Waals surface area (Å²) in [6, 6.07) is 4.74. The third-order valence-electron chi connectivity index (χ3n) is 3.39. The minimum absolute atomic E-state index is 0.0540. The summed E-state index contributed by atoms with van der Waals surface area (Å²) in [5.74, 6) is 2.79. The molecule has 2 aromatic rings. The molecule has 0 radical (unpaired) electrons. The first-order valence-electron chi connectivity index (χ1n) is 6.23. The van der Waals surface area contributed by atoms with Crippen LogP contribution in [0.1, 0.15) is 11.8 Å². The highest BCUT2D eigenvalue weighted by atomic mass is 35.5. The van der Waals surface area contributed by atoms with E-state index in [1.54, 1.807) is 6.07 Å². The summed E-state index contributed by atoms with van der Waals surface area (Å²) in [5, 5.41) is 7.28. The van der Waals surface area contributed by atoms with Gasteiger partial charge in [-0.2, -0.15) is 16.7 Å². The first-order valence-corrected chi connectivity index (χ1v) is 7.76. The molecule has 3 rings (SSSR count). The minimum atomic E-state index is -0.457. The van der Waals surface area contributed by atoms with Crippen LogP contribution in [0.25, 0.3) is 11.4 Å². The molecule has 20 heavy (non-hydrogen) atoms. The zero-order chi connectivity index (χ0) is 14.1. The molecule has 0 bridgehead atoms. The number of benzene rings is 1. The van der Waals surface area contributed by atoms with Crippen LogP contribution in [0.3, 0.4) is 0 Å². The van der Waals surface area contributed by atoms with Gasteiger partial charge in [0.15, 0.2) is 0 Å². The van der Waals surface area contributed by atoms with Crippen LogP contribution in [0, 0.1) is 5.82 Å². The monoisotopic (exact) mass is 313 g/mol. The zero-order valence-corrected chi connectivity index (χ0v) is 12.3. The Hall–Kier alpha value is -1.11. The quantitative estimate of drug-likeness (QED) is 0.944. The summed E-state index contributed by atoms with van der Waals surface area (Å²) in [5.41, 5.74) is 0.651. The molecule has 1 aliphatic rings. The van der Waals surface area contributed by atoms with Gasteiger partial charge in [-0.15, -0.1) is 0 Å². The number of rotatable bonds is 3. The van der Waals surface area contributed by atoms with E-state index in [1.165, 1.54) is 12.1 Å². The molecule has 2 unspecified atom stereocenters. The second kappa shape index (κ2) is 5.71. The molecule has 0 saturated carbocycles. The average molecular weight is 314 g/mol. The molecule has 1 aromatic heterocycles. The number of thioether (sulfide) groups is 1. The van der Waals surface area contributed by atoms with Crippen LogP contribution in [0.15, 0.2) is 22.7 Å². The van der Waals surface area contributed by atoms with Crippen LogP contribution in [-0.2, 0) is 0 Å². The van der Waals surface area contributed by atoms with Gasteiger partial charge in [0.1, 0.15) is 5.82 Å². The molecule has 2 atom stereocenters. The van der Waals surface area contributed by atoms with Gasteiger partial charge in [-0.25, -0.2) is 4.39 Å². The lowest BCUT2D eigenvalue weighted by Gasteiger charge is -2.13. The zero-order valence-electron chi connectivity index (χ0n) is 10.8. The number of likely N-dealkylation sites (N-methyl/N-ethyl adjacent to an activating group) is 1. The van der Waals surface area contributed by atoms with Gasteiger partial charge in [-0.05, 0) is 25.2 Å². The average Bonchev–Trinajstić information content (AvgIpc) is 3.09. The van der Waals surface area contributed by atoms with Crippen molar-refractivity contribution in [2.75, 3.05) is 18.6 Å². The van der Waals surface area contributed by atoms with E-state index in [-0.39, 0.29) is 10.9 Å². The van der Waals surface area contributed by atoms with Gasteiger partial charge < -0.3 is 9.84 Å². The summed E-state index contributed by atoms with van der Waals surface area (Å²) in [6.07, 6.45) is 0. The summed E-state index contributed by atoms with van der Waals surface area (Å²) in [7, 11) is 1.93. The summed E-state index contributed by atoms with van der Waals surface area (Å²) in [6.45, 7) is 0. The normalized spacial score (nSPS) is 22.4. The predicted octanol–water partition coefficient (Wildman–Crippen LogP) is 2.95. The molecule has 0 amide bonds. The van der Waals surface area contributed by atoms with Gasteiger partial charge in [-0.1, -0.05) is 16.8 Å². The molecule has 7 heteroatoms. The van der Waals surface area contributed by atoms with Crippen molar-refractivity contribution >= 4 is 23.4 Å². The van der Waals surface area contributed by atoms with Crippen LogP contribution in [-0.4, -0.2) is 34.7 Å². The first kappa shape index (κ1) is 13.9. The van der Waals surface area contributed by atoms with E-state index in [0.717, 1.165) is 11.5 Å². The fourth-order valence-electron chi connectivity index (χ4n) is 2.22. The first-order chi connectivity index (χ1) is 9.69. The lowest BCUT2D eigenvalue weighted by atomic mass is 10.0. The third-order valence-corrected chi connectivity index (χ3v) is 4.87. The molecule has 106 valence electrons. The minimum Gasteiger partial charge on any atom is -0.339 e. The lowest BCUT2D eigenvalue weighted by molar-refractivity contribution is 0.344. The van der Waals surface area contributed by atoms with Gasteiger partial charge in [0.2, 0.25) is 11.7 Å². The predicted molar refractivity (Wildman–Crippen MR) is 77.6 cm³/mol. The van der Waals surface area contributed by atoms with Crippen molar-refractivity contribution < 1.29 is 8.91 Å². The van der Waals surface area contributed by atoms with Crippen LogP contribution in [0.5, 0.6) is 0 Å². The maximum Gasteiger partial charge on any atom is 0.232 e. The molecule has 1 aromatic carbocycles. The van der Waals surface area contributed by atoms with Gasteiger partial charge in [0, 0.05) is 23.1 Å². The highest BCUT2D eigenvalue weighted by Crippen LogP contribution is 2.33. The van der Waals surface area contributed by atoms with Crippen LogP contribution in [0.2, 0.25) is 5.02 Å². The van der Waals surface area contributed by atoms with Crippen molar-refractivity contribution in [1.29, 1.82) is 0 Å². The Balaban J connectivity index is 1.88. The van der Waals surface area contributed by atoms with Crippen molar-refractivity contribution in [2.24, 2.45) is 0 Å². The van der Waals surface area contributed by atoms with E-state index in [1.807, 2.05) is 18.8 Å². The maximum absolute atomic E-state index is 13.2. The Labute approximate surface area is 125 Å². The molecule has 0 aliphatic carbocycles. The topological polar surface area (TPSA) is 51.0 Å². The molecule has 1 saturated heterocycles. The number of hydrogen-bond donors (Lipinski definition) is 1. The molecule has 0 spiro atoms. The largest absolute Gasteiger partial charge is 0.339 e. The number of nitrogens with zero attached hydrogens (tertiary/aromatic N) is 2. The van der Waals surface area contributed by atoms with Gasteiger partial charge in [0.05, 0.1) is 10.9 Å². The number of aromatic nitrogens is 2. The van der Waals surface area contributed by atoms with E-state index in [9.17, 15) is 4.39 Å². The van der Waals surface area contributed by atoms with Crippen LogP contribution in [0.4, 0.5) is 4.39 Å². The summed E-state index contributed by atoms with van der Waals surface area (Å²) >= 11 is 7.63. The summed E-state index contributed by atoms with van der Waals surface area (Å²) < 4.78 is 18.5. The van der Waals surface area contributed by atoms with E-state index >= 15 is 0 Å². The molecule has 1 fully saturated rings. The van der Waals surface area contributed by atoms with E-state index < -0.39 is 5.82 Å². The van der Waals surface area contributed by atoms with E-state index in [2.05, 4.69) is 15.5 Å². The van der Waals surface area contributed by atoms with Crippen molar-refractivity contribution in [3.05, 3.63) is 34.9 Å². The van der Waals surface area contributed by atoms with E-state index in [0.29, 0.717) is 23.3 Å². The number of halogens is 2. The Morgan fingerprint density at radius 1 is 1.45 bits per heavy atom. The van der Waals surface area contributed by atoms with Gasteiger partial charge in [-0.3, -0.25) is 0 Å². The van der Waals surface area contributed by atoms with Gasteiger partial charge in [0.25, 0.3) is 0 Å². The molecule has 4 nitrogen and oxygen atoms in total. The fraction of sp³-hybridized carbons (Fsp3) is 0.385. The van der Waals surface area contributed by atoms with Crippen LogP contribution < -0.4 is 5.32 Å². The number of nitrogens with one attached hydrogen (secondary N) is 1. The maximum atomic E-state index is 13.2. The number of hydrogen-bond acceptors (Lipinski definition) is 5. The summed E-state index contributed by atoms with van der Waals surface area (Å²) in [4.78, 5) is 4.42. The molecule has 1 aliphatic heterocycles. The molecular formula is C13H13ClFN3OS. The second-order valence-electron chi connectivity index (χ2n) is 4.62. The molecule has 1 N–H and O–H groups in total. The van der Waals surface area contributed by atoms with Crippen molar-refractivity contribution in [1.82, 2.24) is 15.5 Å². The van der Waals surface area contributed by atoms with Crippen molar-refractivity contribution in [3.8, 4) is 11.4 Å². The Kier molecular flexibility index (Phi) is 3.96. The smallest absolute Gasteiger partial charge is 0.232 e. The Bertz CT molecular complexity index is 621. The highest BCUT2D eigenvalue weighted by molar-refractivity contribution is 7.99.